The first kappa shape index (κ1) is 19.1. The van der Waals surface area contributed by atoms with Gasteiger partial charge in [0.2, 0.25) is 0 Å². The molecule has 0 amide bonds. The molecule has 0 unspecified atom stereocenters. The molecule has 0 aromatic carbocycles. The van der Waals surface area contributed by atoms with E-state index in [0.29, 0.717) is 0 Å². The summed E-state index contributed by atoms with van der Waals surface area (Å²) in [5, 5.41) is 0. The minimum atomic E-state index is 0.775. The van der Waals surface area contributed by atoms with Crippen molar-refractivity contribution < 1.29 is 0 Å². The first-order valence-electron chi connectivity index (χ1n) is 8.74. The van der Waals surface area contributed by atoms with Crippen LogP contribution in [0.2, 0.25) is 0 Å². The highest BCUT2D eigenvalue weighted by atomic mass is 35.5. The monoisotopic (exact) mass is 338 g/mol. The van der Waals surface area contributed by atoms with E-state index in [-0.39, 0.29) is 0 Å². The lowest BCUT2D eigenvalue weighted by molar-refractivity contribution is 0.490. The highest BCUT2D eigenvalue weighted by molar-refractivity contribution is 7.39. The molecule has 0 spiro atoms. The van der Waals surface area contributed by atoms with Gasteiger partial charge < -0.3 is 0 Å². The van der Waals surface area contributed by atoms with Gasteiger partial charge in [0.25, 0.3) is 0 Å². The van der Waals surface area contributed by atoms with Gasteiger partial charge in [-0.05, 0) is 49.8 Å². The highest BCUT2D eigenvalue weighted by Crippen LogP contribution is 2.41. The fraction of sp³-hybridized carbons (Fsp3) is 1.00. The zero-order chi connectivity index (χ0) is 14.5. The third kappa shape index (κ3) is 9.86. The van der Waals surface area contributed by atoms with Crippen LogP contribution in [0.25, 0.3) is 0 Å². The average Bonchev–Trinajstić information content (AvgIpc) is 2.51. The highest BCUT2D eigenvalue weighted by Gasteiger charge is 2.20. The SMILES string of the molecule is C1CCC(PC2CCCCC2)CC1.ClCCCCCCl. The van der Waals surface area contributed by atoms with Gasteiger partial charge in [-0.2, -0.15) is 0 Å². The van der Waals surface area contributed by atoms with E-state index in [1.165, 1.54) is 53.5 Å². The average molecular weight is 339 g/mol. The zero-order valence-electron chi connectivity index (χ0n) is 13.0. The third-order valence-electron chi connectivity index (χ3n) is 4.45. The van der Waals surface area contributed by atoms with Crippen LogP contribution in [0.1, 0.15) is 83.5 Å². The summed E-state index contributed by atoms with van der Waals surface area (Å²) in [5.41, 5.74) is 2.30. The first-order chi connectivity index (χ1) is 9.86. The summed E-state index contributed by atoms with van der Waals surface area (Å²) in [7, 11) is 1.33. The van der Waals surface area contributed by atoms with Gasteiger partial charge in [-0.1, -0.05) is 44.9 Å². The molecule has 2 rings (SSSR count). The van der Waals surface area contributed by atoms with Crippen LogP contribution in [0.3, 0.4) is 0 Å². The molecule has 0 saturated heterocycles. The summed E-state index contributed by atoms with van der Waals surface area (Å²) in [5.74, 6) is 1.55. The van der Waals surface area contributed by atoms with E-state index in [2.05, 4.69) is 0 Å². The van der Waals surface area contributed by atoms with E-state index in [1.54, 1.807) is 25.7 Å². The minimum Gasteiger partial charge on any atom is -0.127 e. The molecule has 0 aromatic heterocycles. The Bertz CT molecular complexity index is 179. The quantitative estimate of drug-likeness (QED) is 0.279. The van der Waals surface area contributed by atoms with Crippen molar-refractivity contribution in [3.63, 3.8) is 0 Å². The predicted octanol–water partition coefficient (Wildman–Crippen LogP) is 6.96. The van der Waals surface area contributed by atoms with E-state index < -0.39 is 0 Å². The van der Waals surface area contributed by atoms with Gasteiger partial charge in [-0.15, -0.1) is 31.8 Å². The molecule has 0 aromatic rings. The van der Waals surface area contributed by atoms with Crippen LogP contribution in [-0.4, -0.2) is 23.1 Å². The molecule has 2 saturated carbocycles. The summed E-state index contributed by atoms with van der Waals surface area (Å²) < 4.78 is 0. The second-order valence-electron chi connectivity index (χ2n) is 6.28. The number of halogens is 2. The van der Waals surface area contributed by atoms with Gasteiger partial charge in [0.15, 0.2) is 0 Å². The smallest absolute Gasteiger partial charge is 0.0223 e. The van der Waals surface area contributed by atoms with Gasteiger partial charge in [-0.3, -0.25) is 0 Å². The van der Waals surface area contributed by atoms with E-state index in [4.69, 9.17) is 23.2 Å². The maximum absolute atomic E-state index is 5.39. The Kier molecular flexibility index (Phi) is 13.0. The Morgan fingerprint density at radius 2 is 1.00 bits per heavy atom. The Labute approximate surface area is 138 Å². The number of rotatable bonds is 6. The van der Waals surface area contributed by atoms with Gasteiger partial charge in [0.05, 0.1) is 0 Å². The Hall–Kier alpha value is 1.01. The third-order valence-corrected chi connectivity index (χ3v) is 7.08. The second-order valence-corrected chi connectivity index (χ2v) is 9.00. The van der Waals surface area contributed by atoms with Crippen LogP contribution >= 0.6 is 31.8 Å². The van der Waals surface area contributed by atoms with E-state index in [0.717, 1.165) is 35.9 Å². The largest absolute Gasteiger partial charge is 0.127 e. The number of hydrogen-bond acceptors (Lipinski definition) is 0. The van der Waals surface area contributed by atoms with Gasteiger partial charge in [-0.25, -0.2) is 0 Å². The molecule has 0 aliphatic heterocycles. The molecule has 0 N–H and O–H groups in total. The van der Waals surface area contributed by atoms with E-state index >= 15 is 0 Å². The van der Waals surface area contributed by atoms with Crippen molar-refractivity contribution in [2.45, 2.75) is 94.8 Å². The predicted molar refractivity (Wildman–Crippen MR) is 97.4 cm³/mol. The lowest BCUT2D eigenvalue weighted by atomic mass is 10.00. The minimum absolute atomic E-state index is 0.775. The van der Waals surface area contributed by atoms with Crippen molar-refractivity contribution in [2.75, 3.05) is 11.8 Å². The van der Waals surface area contributed by atoms with Crippen molar-refractivity contribution in [3.8, 4) is 0 Å². The maximum atomic E-state index is 5.39. The molecule has 2 aliphatic carbocycles. The fourth-order valence-electron chi connectivity index (χ4n) is 3.24. The molecule has 0 atom stereocenters. The summed E-state index contributed by atoms with van der Waals surface area (Å²) in [6.45, 7) is 0. The Morgan fingerprint density at radius 3 is 1.35 bits per heavy atom. The molecule has 20 heavy (non-hydrogen) atoms. The lowest BCUT2D eigenvalue weighted by Gasteiger charge is -2.28. The topological polar surface area (TPSA) is 0 Å². The van der Waals surface area contributed by atoms with Crippen LogP contribution < -0.4 is 0 Å². The molecule has 3 heteroatoms. The summed E-state index contributed by atoms with van der Waals surface area (Å²) in [6.07, 6.45) is 18.8. The standard InChI is InChI=1S/C12H23P.C5H10Cl2/c1-3-7-11(8-4-1)13-12-9-5-2-6-10-12;6-4-2-1-3-5-7/h11-13H,1-10H2;1-5H2. The van der Waals surface area contributed by atoms with Crippen molar-refractivity contribution in [3.05, 3.63) is 0 Å². The molecule has 0 nitrogen and oxygen atoms in total. The van der Waals surface area contributed by atoms with Crippen LogP contribution in [0.5, 0.6) is 0 Å². The normalized spacial score (nSPS) is 21.3. The number of unbranched alkanes of at least 4 members (excludes halogenated alkanes) is 2. The molecule has 120 valence electrons. The lowest BCUT2D eigenvalue weighted by Crippen LogP contribution is -2.14. The first-order valence-corrected chi connectivity index (χ1v) is 11.0. The van der Waals surface area contributed by atoms with Crippen LogP contribution in [0, 0.1) is 0 Å². The fourth-order valence-corrected chi connectivity index (χ4v) is 5.77. The van der Waals surface area contributed by atoms with Gasteiger partial charge >= 0.3 is 0 Å². The molecule has 2 aliphatic rings. The summed E-state index contributed by atoms with van der Waals surface area (Å²) >= 11 is 10.8. The Morgan fingerprint density at radius 1 is 0.600 bits per heavy atom. The number of alkyl halides is 2. The molecule has 2 fully saturated rings. The van der Waals surface area contributed by atoms with Crippen LogP contribution in [0.15, 0.2) is 0 Å². The van der Waals surface area contributed by atoms with Crippen molar-refractivity contribution >= 4 is 31.8 Å². The number of hydrogen-bond donors (Lipinski definition) is 0. The molecular formula is C17H33Cl2P. The van der Waals surface area contributed by atoms with Gasteiger partial charge in [0, 0.05) is 11.8 Å². The summed E-state index contributed by atoms with van der Waals surface area (Å²) in [6, 6.07) is 0. The zero-order valence-corrected chi connectivity index (χ0v) is 15.5. The van der Waals surface area contributed by atoms with Crippen LogP contribution in [0.4, 0.5) is 0 Å². The Balaban J connectivity index is 0.000000246. The molecule has 0 radical (unpaired) electrons. The van der Waals surface area contributed by atoms with Crippen LogP contribution in [-0.2, 0) is 0 Å². The molecule has 0 heterocycles. The second kappa shape index (κ2) is 13.7. The van der Waals surface area contributed by atoms with E-state index in [1.807, 2.05) is 0 Å². The maximum Gasteiger partial charge on any atom is 0.0223 e. The van der Waals surface area contributed by atoms with Crippen molar-refractivity contribution in [2.24, 2.45) is 0 Å². The van der Waals surface area contributed by atoms with E-state index in [9.17, 15) is 0 Å². The van der Waals surface area contributed by atoms with Crippen molar-refractivity contribution in [1.82, 2.24) is 0 Å². The van der Waals surface area contributed by atoms with Gasteiger partial charge in [0.1, 0.15) is 0 Å². The van der Waals surface area contributed by atoms with Crippen molar-refractivity contribution in [1.29, 1.82) is 0 Å². The molecular weight excluding hydrogens is 306 g/mol. The summed E-state index contributed by atoms with van der Waals surface area (Å²) in [4.78, 5) is 0. The molecule has 0 bridgehead atoms.